The lowest BCUT2D eigenvalue weighted by Gasteiger charge is -2.21. The molecule has 0 radical (unpaired) electrons. The summed E-state index contributed by atoms with van der Waals surface area (Å²) in [5.41, 5.74) is 0. The zero-order valence-corrected chi connectivity index (χ0v) is 26.9. The summed E-state index contributed by atoms with van der Waals surface area (Å²) in [4.78, 5) is 12.4. The first-order valence-corrected chi connectivity index (χ1v) is 17.4. The van der Waals surface area contributed by atoms with E-state index >= 15 is 0 Å². The molecule has 0 aliphatic carbocycles. The molecule has 0 spiro atoms. The van der Waals surface area contributed by atoms with E-state index in [1.54, 1.807) is 6.08 Å². The molecule has 1 amide bonds. The molecule has 238 valence electrons. The maximum absolute atomic E-state index is 12.4. The van der Waals surface area contributed by atoms with Gasteiger partial charge in [0.2, 0.25) is 5.91 Å². The Kier molecular flexibility index (Phi) is 28.9. The summed E-state index contributed by atoms with van der Waals surface area (Å²) in [6, 6.07) is -0.795. The number of amides is 1. The quantitative estimate of drug-likeness (QED) is 0.0516. The first kappa shape index (κ1) is 39.1. The van der Waals surface area contributed by atoms with Gasteiger partial charge < -0.3 is 20.6 Å². The topological polar surface area (TPSA) is 89.8 Å². The summed E-state index contributed by atoms with van der Waals surface area (Å²) < 4.78 is 0. The van der Waals surface area contributed by atoms with Crippen molar-refractivity contribution in [2.24, 2.45) is 5.92 Å². The lowest BCUT2D eigenvalue weighted by atomic mass is 9.96. The van der Waals surface area contributed by atoms with Gasteiger partial charge in [-0.2, -0.15) is 0 Å². The van der Waals surface area contributed by atoms with E-state index in [1.807, 2.05) is 6.08 Å². The minimum atomic E-state index is -1.09. The number of hydrogen-bond acceptors (Lipinski definition) is 4. The van der Waals surface area contributed by atoms with Gasteiger partial charge in [-0.15, -0.1) is 0 Å². The van der Waals surface area contributed by atoms with Gasteiger partial charge in [-0.25, -0.2) is 0 Å². The molecule has 0 aromatic rings. The molecule has 5 nitrogen and oxygen atoms in total. The van der Waals surface area contributed by atoms with E-state index in [2.05, 4.69) is 26.1 Å². The minimum Gasteiger partial charge on any atom is -0.394 e. The van der Waals surface area contributed by atoms with Crippen LogP contribution in [0.3, 0.4) is 0 Å². The number of allylic oxidation sites excluding steroid dienone is 1. The fraction of sp³-hybridized carbons (Fsp3) is 0.914. The van der Waals surface area contributed by atoms with Crippen LogP contribution in [-0.2, 0) is 4.79 Å². The van der Waals surface area contributed by atoms with Crippen LogP contribution in [-0.4, -0.2) is 46.1 Å². The molecule has 0 rings (SSSR count). The molecule has 0 saturated carbocycles. The van der Waals surface area contributed by atoms with E-state index in [4.69, 9.17) is 0 Å². The first-order chi connectivity index (χ1) is 19.5. The molecule has 0 bridgehead atoms. The Labute approximate surface area is 249 Å². The lowest BCUT2D eigenvalue weighted by Crippen LogP contribution is -2.48. The number of rotatable bonds is 30. The molecule has 0 fully saturated rings. The zero-order chi connectivity index (χ0) is 29.7. The molecule has 40 heavy (non-hydrogen) atoms. The number of unbranched alkanes of at least 4 members (excludes halogenated alkanes) is 18. The third-order valence-electron chi connectivity index (χ3n) is 8.27. The average Bonchev–Trinajstić information content (AvgIpc) is 2.95. The highest BCUT2D eigenvalue weighted by molar-refractivity contribution is 5.80. The van der Waals surface area contributed by atoms with Crippen molar-refractivity contribution in [1.82, 2.24) is 5.32 Å². The number of carbonyl (C=O) groups excluding carboxylic acids is 1. The number of aliphatic hydroxyl groups excluding tert-OH is 3. The van der Waals surface area contributed by atoms with Gasteiger partial charge in [0.05, 0.1) is 18.8 Å². The predicted octanol–water partition coefficient (Wildman–Crippen LogP) is 8.78. The lowest BCUT2D eigenvalue weighted by molar-refractivity contribution is -0.131. The van der Waals surface area contributed by atoms with Crippen LogP contribution in [0.5, 0.6) is 0 Å². The highest BCUT2D eigenvalue weighted by Crippen LogP contribution is 2.18. The smallest absolute Gasteiger partial charge is 0.249 e. The monoisotopic (exact) mass is 568 g/mol. The molecular weight excluding hydrogens is 498 g/mol. The standard InChI is InChI=1S/C35H69NO4/c1-4-6-8-10-12-13-14-15-16-18-20-24-29-34(39)35(40)36-32(30-37)33(38)28-25-21-23-27-31(3)26-22-19-17-11-9-7-5-2/h25,28,31-34,37-39H,4-24,26-27,29-30H2,1-3H3,(H,36,40)/b28-25+. The summed E-state index contributed by atoms with van der Waals surface area (Å²) in [7, 11) is 0. The molecule has 4 N–H and O–H groups in total. The first-order valence-electron chi connectivity index (χ1n) is 17.4. The molecule has 5 heteroatoms. The number of hydrogen-bond donors (Lipinski definition) is 4. The third kappa shape index (κ3) is 24.9. The van der Waals surface area contributed by atoms with E-state index in [9.17, 15) is 20.1 Å². The maximum atomic E-state index is 12.4. The van der Waals surface area contributed by atoms with Crippen LogP contribution in [0.25, 0.3) is 0 Å². The van der Waals surface area contributed by atoms with Crippen LogP contribution in [0.4, 0.5) is 0 Å². The molecular formula is C35H69NO4. The Hall–Kier alpha value is -0.910. The summed E-state index contributed by atoms with van der Waals surface area (Å²) in [5.74, 6) is 0.221. The maximum Gasteiger partial charge on any atom is 0.249 e. The van der Waals surface area contributed by atoms with Crippen molar-refractivity contribution >= 4 is 5.91 Å². The zero-order valence-electron chi connectivity index (χ0n) is 26.9. The van der Waals surface area contributed by atoms with Crippen LogP contribution in [0, 0.1) is 5.92 Å². The molecule has 0 heterocycles. The van der Waals surface area contributed by atoms with E-state index < -0.39 is 24.2 Å². The Morgan fingerprint density at radius 1 is 0.650 bits per heavy atom. The van der Waals surface area contributed by atoms with Crippen molar-refractivity contribution in [2.45, 2.75) is 193 Å². The van der Waals surface area contributed by atoms with Gasteiger partial charge in [-0.3, -0.25) is 4.79 Å². The molecule has 4 unspecified atom stereocenters. The van der Waals surface area contributed by atoms with Gasteiger partial charge >= 0.3 is 0 Å². The van der Waals surface area contributed by atoms with Crippen molar-refractivity contribution < 1.29 is 20.1 Å². The molecule has 0 aromatic carbocycles. The number of aliphatic hydroxyl groups is 3. The summed E-state index contributed by atoms with van der Waals surface area (Å²) >= 11 is 0. The Morgan fingerprint density at radius 3 is 1.55 bits per heavy atom. The van der Waals surface area contributed by atoms with Gasteiger partial charge in [0.1, 0.15) is 6.10 Å². The van der Waals surface area contributed by atoms with Gasteiger partial charge in [0.25, 0.3) is 0 Å². The normalized spacial score (nSPS) is 14.8. The summed E-state index contributed by atoms with van der Waals surface area (Å²) in [6.45, 7) is 6.47. The van der Waals surface area contributed by atoms with Crippen LogP contribution < -0.4 is 5.32 Å². The van der Waals surface area contributed by atoms with Crippen LogP contribution in [0.2, 0.25) is 0 Å². The van der Waals surface area contributed by atoms with Gasteiger partial charge in [0, 0.05) is 0 Å². The van der Waals surface area contributed by atoms with Crippen molar-refractivity contribution in [2.75, 3.05) is 6.61 Å². The van der Waals surface area contributed by atoms with Crippen LogP contribution in [0.15, 0.2) is 12.2 Å². The predicted molar refractivity (Wildman–Crippen MR) is 171 cm³/mol. The Bertz CT molecular complexity index is 568. The van der Waals surface area contributed by atoms with E-state index in [-0.39, 0.29) is 6.61 Å². The highest BCUT2D eigenvalue weighted by atomic mass is 16.3. The second kappa shape index (κ2) is 29.6. The number of nitrogens with one attached hydrogen (secondary N) is 1. The Balaban J connectivity index is 3.88. The summed E-state index contributed by atoms with van der Waals surface area (Å²) in [6.07, 6.45) is 30.8. The average molecular weight is 568 g/mol. The fourth-order valence-corrected chi connectivity index (χ4v) is 5.38. The van der Waals surface area contributed by atoms with Crippen molar-refractivity contribution in [1.29, 1.82) is 0 Å². The fourth-order valence-electron chi connectivity index (χ4n) is 5.38. The largest absolute Gasteiger partial charge is 0.394 e. The van der Waals surface area contributed by atoms with E-state index in [1.165, 1.54) is 116 Å². The second-order valence-corrected chi connectivity index (χ2v) is 12.4. The van der Waals surface area contributed by atoms with Crippen molar-refractivity contribution in [3.63, 3.8) is 0 Å². The third-order valence-corrected chi connectivity index (χ3v) is 8.27. The van der Waals surface area contributed by atoms with Gasteiger partial charge in [-0.1, -0.05) is 168 Å². The second-order valence-electron chi connectivity index (χ2n) is 12.4. The van der Waals surface area contributed by atoms with Crippen LogP contribution >= 0.6 is 0 Å². The van der Waals surface area contributed by atoms with Gasteiger partial charge in [0.15, 0.2) is 0 Å². The SMILES string of the molecule is CCCCCCCCCCCCCCC(O)C(=O)NC(CO)C(O)/C=C/CCCC(C)CCCCCCCCC. The van der Waals surface area contributed by atoms with E-state index in [0.717, 1.165) is 38.0 Å². The van der Waals surface area contributed by atoms with Gasteiger partial charge in [-0.05, 0) is 25.2 Å². The number of carbonyl (C=O) groups is 1. The molecule has 4 atom stereocenters. The molecule has 0 aliphatic rings. The molecule has 0 saturated heterocycles. The highest BCUT2D eigenvalue weighted by Gasteiger charge is 2.22. The van der Waals surface area contributed by atoms with Crippen molar-refractivity contribution in [3.05, 3.63) is 12.2 Å². The summed E-state index contributed by atoms with van der Waals surface area (Å²) in [5, 5.41) is 32.9. The minimum absolute atomic E-state index is 0.363. The Morgan fingerprint density at radius 2 is 1.07 bits per heavy atom. The van der Waals surface area contributed by atoms with Crippen LogP contribution in [0.1, 0.15) is 175 Å². The van der Waals surface area contributed by atoms with Crippen molar-refractivity contribution in [3.8, 4) is 0 Å². The molecule has 0 aromatic heterocycles. The molecule has 0 aliphatic heterocycles. The van der Waals surface area contributed by atoms with E-state index in [0.29, 0.717) is 6.42 Å².